The van der Waals surface area contributed by atoms with E-state index in [9.17, 15) is 10.1 Å². The highest BCUT2D eigenvalue weighted by atomic mass is 16.6. The Morgan fingerprint density at radius 3 is 2.53 bits per heavy atom. The fourth-order valence-corrected chi connectivity index (χ4v) is 1.57. The maximum atomic E-state index is 10.6. The standard InChI is InChI=1S/C11H16N2O2/c1-3-12(4-2)9-10-6-5-7-11(8-10)13(14)15/h5-8H,3-4,9H2,1-2H3/p+1. The molecule has 0 heterocycles. The SMILES string of the molecule is CC[NH+](CC)Cc1cccc([N+](=O)[O-])c1. The van der Waals surface area contributed by atoms with Crippen molar-refractivity contribution >= 4 is 5.69 Å². The zero-order valence-electron chi connectivity index (χ0n) is 9.19. The van der Waals surface area contributed by atoms with Crippen LogP contribution in [0.15, 0.2) is 24.3 Å². The zero-order valence-corrected chi connectivity index (χ0v) is 9.19. The molecule has 0 bridgehead atoms. The zero-order chi connectivity index (χ0) is 11.3. The van der Waals surface area contributed by atoms with Crippen LogP contribution in [0, 0.1) is 10.1 Å². The van der Waals surface area contributed by atoms with Gasteiger partial charge < -0.3 is 4.90 Å². The molecule has 0 radical (unpaired) electrons. The van der Waals surface area contributed by atoms with E-state index in [0.29, 0.717) is 0 Å². The lowest BCUT2D eigenvalue weighted by Crippen LogP contribution is -3.10. The molecule has 0 saturated carbocycles. The monoisotopic (exact) mass is 209 g/mol. The largest absolute Gasteiger partial charge is 0.332 e. The number of benzene rings is 1. The van der Waals surface area contributed by atoms with Crippen molar-refractivity contribution in [2.45, 2.75) is 20.4 Å². The van der Waals surface area contributed by atoms with Crippen molar-refractivity contribution < 1.29 is 9.82 Å². The lowest BCUT2D eigenvalue weighted by molar-refractivity contribution is -0.910. The van der Waals surface area contributed by atoms with Crippen LogP contribution in [0.2, 0.25) is 0 Å². The molecule has 0 atom stereocenters. The van der Waals surface area contributed by atoms with Crippen LogP contribution in [0.4, 0.5) is 5.69 Å². The summed E-state index contributed by atoms with van der Waals surface area (Å²) in [6, 6.07) is 6.88. The summed E-state index contributed by atoms with van der Waals surface area (Å²) in [6.07, 6.45) is 0. The summed E-state index contributed by atoms with van der Waals surface area (Å²) in [7, 11) is 0. The molecule has 1 rings (SSSR count). The molecule has 1 aromatic rings. The van der Waals surface area contributed by atoms with Crippen molar-refractivity contribution in [3.8, 4) is 0 Å². The minimum Gasteiger partial charge on any atom is -0.332 e. The fourth-order valence-electron chi connectivity index (χ4n) is 1.57. The summed E-state index contributed by atoms with van der Waals surface area (Å²) in [5.41, 5.74) is 1.21. The molecule has 0 aliphatic carbocycles. The van der Waals surface area contributed by atoms with Crippen molar-refractivity contribution in [1.82, 2.24) is 0 Å². The van der Waals surface area contributed by atoms with Gasteiger partial charge in [0.2, 0.25) is 0 Å². The maximum Gasteiger partial charge on any atom is 0.269 e. The third-order valence-corrected chi connectivity index (χ3v) is 2.58. The van der Waals surface area contributed by atoms with E-state index >= 15 is 0 Å². The number of rotatable bonds is 5. The molecule has 0 unspecified atom stereocenters. The van der Waals surface area contributed by atoms with E-state index in [-0.39, 0.29) is 10.6 Å². The van der Waals surface area contributed by atoms with Crippen LogP contribution < -0.4 is 4.90 Å². The summed E-state index contributed by atoms with van der Waals surface area (Å²) in [4.78, 5) is 11.7. The van der Waals surface area contributed by atoms with E-state index in [1.165, 1.54) is 11.0 Å². The predicted octanol–water partition coefficient (Wildman–Crippen LogP) is 1.02. The first-order valence-corrected chi connectivity index (χ1v) is 5.24. The molecule has 0 saturated heterocycles. The van der Waals surface area contributed by atoms with Crippen LogP contribution in [-0.4, -0.2) is 18.0 Å². The number of nitrogens with one attached hydrogen (secondary N) is 1. The van der Waals surface area contributed by atoms with E-state index in [1.54, 1.807) is 12.1 Å². The molecule has 4 heteroatoms. The molecule has 0 spiro atoms. The van der Waals surface area contributed by atoms with Gasteiger partial charge in [-0.2, -0.15) is 0 Å². The normalized spacial score (nSPS) is 10.6. The first-order valence-electron chi connectivity index (χ1n) is 5.24. The first kappa shape index (κ1) is 11.7. The molecule has 1 aromatic carbocycles. The number of nitrogens with zero attached hydrogens (tertiary/aromatic N) is 1. The van der Waals surface area contributed by atoms with E-state index in [1.807, 2.05) is 6.07 Å². The van der Waals surface area contributed by atoms with E-state index in [0.717, 1.165) is 25.2 Å². The van der Waals surface area contributed by atoms with E-state index in [2.05, 4.69) is 13.8 Å². The molecular formula is C11H17N2O2+. The second kappa shape index (κ2) is 5.46. The number of nitro groups is 1. The Labute approximate surface area is 89.7 Å². The number of non-ortho nitro benzene ring substituents is 1. The van der Waals surface area contributed by atoms with Gasteiger partial charge in [0.05, 0.1) is 18.0 Å². The highest BCUT2D eigenvalue weighted by Crippen LogP contribution is 2.11. The summed E-state index contributed by atoms with van der Waals surface area (Å²) in [5.74, 6) is 0. The van der Waals surface area contributed by atoms with Crippen molar-refractivity contribution in [2.24, 2.45) is 0 Å². The fraction of sp³-hybridized carbons (Fsp3) is 0.455. The Bertz CT molecular complexity index is 335. The van der Waals surface area contributed by atoms with Gasteiger partial charge in [0.1, 0.15) is 6.54 Å². The highest BCUT2D eigenvalue weighted by Gasteiger charge is 2.09. The van der Waals surface area contributed by atoms with Crippen molar-refractivity contribution in [3.63, 3.8) is 0 Å². The topological polar surface area (TPSA) is 47.6 Å². The Balaban J connectivity index is 2.77. The van der Waals surface area contributed by atoms with Gasteiger partial charge in [-0.05, 0) is 13.8 Å². The Morgan fingerprint density at radius 2 is 2.00 bits per heavy atom. The van der Waals surface area contributed by atoms with Crippen LogP contribution >= 0.6 is 0 Å². The predicted molar refractivity (Wildman–Crippen MR) is 58.8 cm³/mol. The Morgan fingerprint density at radius 1 is 1.33 bits per heavy atom. The Kier molecular flexibility index (Phi) is 4.24. The quantitative estimate of drug-likeness (QED) is 0.581. The van der Waals surface area contributed by atoms with Crippen LogP contribution in [-0.2, 0) is 6.54 Å². The average Bonchev–Trinajstić information content (AvgIpc) is 2.26. The third-order valence-electron chi connectivity index (χ3n) is 2.58. The molecule has 82 valence electrons. The average molecular weight is 209 g/mol. The molecule has 0 aliphatic rings. The van der Waals surface area contributed by atoms with Crippen molar-refractivity contribution in [3.05, 3.63) is 39.9 Å². The Hall–Kier alpha value is -1.42. The first-order chi connectivity index (χ1) is 7.17. The smallest absolute Gasteiger partial charge is 0.269 e. The second-order valence-electron chi connectivity index (χ2n) is 3.56. The molecule has 15 heavy (non-hydrogen) atoms. The van der Waals surface area contributed by atoms with Crippen LogP contribution in [0.3, 0.4) is 0 Å². The molecule has 0 amide bonds. The van der Waals surface area contributed by atoms with Gasteiger partial charge in [-0.15, -0.1) is 0 Å². The third kappa shape index (κ3) is 3.32. The van der Waals surface area contributed by atoms with Crippen LogP contribution in [0.25, 0.3) is 0 Å². The maximum absolute atomic E-state index is 10.6. The summed E-state index contributed by atoms with van der Waals surface area (Å²) < 4.78 is 0. The molecule has 0 fully saturated rings. The minimum atomic E-state index is -0.346. The van der Waals surface area contributed by atoms with Gasteiger partial charge in [-0.3, -0.25) is 10.1 Å². The second-order valence-corrected chi connectivity index (χ2v) is 3.56. The van der Waals surface area contributed by atoms with E-state index < -0.39 is 0 Å². The molecular weight excluding hydrogens is 192 g/mol. The van der Waals surface area contributed by atoms with E-state index in [4.69, 9.17) is 0 Å². The van der Waals surface area contributed by atoms with Gasteiger partial charge in [0.15, 0.2) is 0 Å². The number of hydrogen-bond acceptors (Lipinski definition) is 2. The van der Waals surface area contributed by atoms with Gasteiger partial charge in [-0.25, -0.2) is 0 Å². The highest BCUT2D eigenvalue weighted by molar-refractivity contribution is 5.33. The lowest BCUT2D eigenvalue weighted by Gasteiger charge is -2.14. The lowest BCUT2D eigenvalue weighted by atomic mass is 10.2. The summed E-state index contributed by atoms with van der Waals surface area (Å²) in [6.45, 7) is 7.18. The van der Waals surface area contributed by atoms with Crippen molar-refractivity contribution in [1.29, 1.82) is 0 Å². The number of quaternary nitrogens is 1. The minimum absolute atomic E-state index is 0.180. The van der Waals surface area contributed by atoms with Crippen LogP contribution in [0.5, 0.6) is 0 Å². The van der Waals surface area contributed by atoms with Gasteiger partial charge in [-0.1, -0.05) is 12.1 Å². The summed E-state index contributed by atoms with van der Waals surface area (Å²) >= 11 is 0. The van der Waals surface area contributed by atoms with Gasteiger partial charge in [0, 0.05) is 17.7 Å². The molecule has 0 aliphatic heterocycles. The van der Waals surface area contributed by atoms with Gasteiger partial charge in [0.25, 0.3) is 5.69 Å². The molecule has 4 nitrogen and oxygen atoms in total. The number of nitro benzene ring substituents is 1. The van der Waals surface area contributed by atoms with Crippen LogP contribution in [0.1, 0.15) is 19.4 Å². The molecule has 1 N–H and O–H groups in total. The molecule has 0 aromatic heterocycles. The van der Waals surface area contributed by atoms with Gasteiger partial charge >= 0.3 is 0 Å². The van der Waals surface area contributed by atoms with Crippen molar-refractivity contribution in [2.75, 3.05) is 13.1 Å². The number of hydrogen-bond donors (Lipinski definition) is 1. The summed E-state index contributed by atoms with van der Waals surface area (Å²) in [5, 5.41) is 10.6.